The number of hydrogen-bond acceptors (Lipinski definition) is 0. The maximum atomic E-state index is 15.1. The third-order valence-corrected chi connectivity index (χ3v) is 7.02. The summed E-state index contributed by atoms with van der Waals surface area (Å²) in [4.78, 5) is 0. The third-order valence-electron chi connectivity index (χ3n) is 7.02. The van der Waals surface area contributed by atoms with Crippen LogP contribution in [0.2, 0.25) is 0 Å². The molecule has 3 aromatic carbocycles. The van der Waals surface area contributed by atoms with Crippen LogP contribution in [-0.2, 0) is 19.0 Å². The highest BCUT2D eigenvalue weighted by Gasteiger charge is 2.37. The van der Waals surface area contributed by atoms with Crippen LogP contribution in [0.5, 0.6) is 0 Å². The number of fused-ring (bicyclic) bond motifs is 1. The monoisotopic (exact) mass is 464 g/mol. The molecule has 0 saturated heterocycles. The number of benzene rings is 3. The molecular formula is C27H26F6. The highest BCUT2D eigenvalue weighted by molar-refractivity contribution is 5.84. The molecule has 1 fully saturated rings. The van der Waals surface area contributed by atoms with Crippen molar-refractivity contribution in [2.75, 3.05) is 0 Å². The van der Waals surface area contributed by atoms with Crippen molar-refractivity contribution >= 4 is 10.8 Å². The average molecular weight is 464 g/mol. The molecule has 1 saturated carbocycles. The molecule has 0 spiro atoms. The van der Waals surface area contributed by atoms with Gasteiger partial charge in [-0.3, -0.25) is 0 Å². The summed E-state index contributed by atoms with van der Waals surface area (Å²) in [6.45, 7) is 2.23. The summed E-state index contributed by atoms with van der Waals surface area (Å²) < 4.78 is 81.0. The molecule has 0 radical (unpaired) electrons. The number of hydrogen-bond donors (Lipinski definition) is 0. The predicted octanol–water partition coefficient (Wildman–Crippen LogP) is 8.74. The van der Waals surface area contributed by atoms with Gasteiger partial charge in [-0.2, -0.15) is 13.2 Å². The lowest BCUT2D eigenvalue weighted by Gasteiger charge is -2.28. The van der Waals surface area contributed by atoms with Crippen molar-refractivity contribution in [3.63, 3.8) is 0 Å². The summed E-state index contributed by atoms with van der Waals surface area (Å²) >= 11 is 0. The van der Waals surface area contributed by atoms with Gasteiger partial charge in [0.25, 0.3) is 0 Å². The van der Waals surface area contributed by atoms with E-state index in [2.05, 4.69) is 6.92 Å². The van der Waals surface area contributed by atoms with Crippen molar-refractivity contribution in [1.29, 1.82) is 0 Å². The maximum absolute atomic E-state index is 15.1. The Kier molecular flexibility index (Phi) is 6.73. The van der Waals surface area contributed by atoms with E-state index >= 15 is 4.39 Å². The van der Waals surface area contributed by atoms with E-state index in [1.807, 2.05) is 18.2 Å². The highest BCUT2D eigenvalue weighted by atomic mass is 19.4. The fraction of sp³-hybridized carbons (Fsp3) is 0.407. The SMILES string of the molecule is CCC1CCC(c2ccc3c(F)c(CCc4cc(F)c(C(F)(F)F)c(F)c4)ccc3c2)CC1. The zero-order chi connectivity index (χ0) is 23.8. The molecule has 6 heteroatoms. The smallest absolute Gasteiger partial charge is 0.206 e. The Morgan fingerprint density at radius 3 is 2.09 bits per heavy atom. The summed E-state index contributed by atoms with van der Waals surface area (Å²) in [6.07, 6.45) is 0.975. The molecule has 0 nitrogen and oxygen atoms in total. The lowest BCUT2D eigenvalue weighted by atomic mass is 9.77. The Balaban J connectivity index is 1.51. The largest absolute Gasteiger partial charge is 0.422 e. The van der Waals surface area contributed by atoms with Crippen LogP contribution in [0.15, 0.2) is 42.5 Å². The molecule has 4 rings (SSSR count). The van der Waals surface area contributed by atoms with Crippen molar-refractivity contribution in [2.24, 2.45) is 5.92 Å². The van der Waals surface area contributed by atoms with Crippen LogP contribution in [0.1, 0.15) is 67.2 Å². The van der Waals surface area contributed by atoms with Gasteiger partial charge in [0.2, 0.25) is 0 Å². The van der Waals surface area contributed by atoms with Crippen molar-refractivity contribution in [2.45, 2.75) is 64.0 Å². The van der Waals surface area contributed by atoms with Gasteiger partial charge in [-0.1, -0.05) is 43.7 Å². The van der Waals surface area contributed by atoms with E-state index in [4.69, 9.17) is 0 Å². The van der Waals surface area contributed by atoms with Gasteiger partial charge in [-0.05, 0) is 84.6 Å². The topological polar surface area (TPSA) is 0 Å². The van der Waals surface area contributed by atoms with Crippen LogP contribution >= 0.6 is 0 Å². The number of rotatable bonds is 5. The van der Waals surface area contributed by atoms with E-state index in [0.717, 1.165) is 24.1 Å². The lowest BCUT2D eigenvalue weighted by Crippen LogP contribution is -2.12. The van der Waals surface area contributed by atoms with Crippen LogP contribution in [-0.4, -0.2) is 0 Å². The van der Waals surface area contributed by atoms with Gasteiger partial charge >= 0.3 is 6.18 Å². The van der Waals surface area contributed by atoms with Crippen molar-refractivity contribution < 1.29 is 26.3 Å². The molecule has 0 N–H and O–H groups in total. The van der Waals surface area contributed by atoms with Gasteiger partial charge < -0.3 is 0 Å². The van der Waals surface area contributed by atoms with Crippen LogP contribution in [0, 0.1) is 23.4 Å². The Hall–Kier alpha value is -2.50. The van der Waals surface area contributed by atoms with Gasteiger partial charge in [-0.15, -0.1) is 0 Å². The first kappa shape index (κ1) is 23.7. The van der Waals surface area contributed by atoms with E-state index in [1.54, 1.807) is 12.1 Å². The summed E-state index contributed by atoms with van der Waals surface area (Å²) in [5.41, 5.74) is -0.267. The molecule has 1 aliphatic rings. The van der Waals surface area contributed by atoms with E-state index in [9.17, 15) is 22.0 Å². The maximum Gasteiger partial charge on any atom is 0.422 e. The van der Waals surface area contributed by atoms with Gasteiger partial charge in [0, 0.05) is 5.39 Å². The van der Waals surface area contributed by atoms with Crippen molar-refractivity contribution in [1.82, 2.24) is 0 Å². The predicted molar refractivity (Wildman–Crippen MR) is 118 cm³/mol. The van der Waals surface area contributed by atoms with Gasteiger partial charge in [0.05, 0.1) is 0 Å². The molecule has 0 atom stereocenters. The average Bonchev–Trinajstić information content (AvgIpc) is 2.77. The van der Waals surface area contributed by atoms with Crippen LogP contribution in [0.3, 0.4) is 0 Å². The molecule has 0 aliphatic heterocycles. The van der Waals surface area contributed by atoms with E-state index in [-0.39, 0.29) is 18.4 Å². The Bertz CT molecular complexity index is 1120. The number of alkyl halides is 3. The molecule has 1 aliphatic carbocycles. The van der Waals surface area contributed by atoms with E-state index in [0.29, 0.717) is 29.0 Å². The minimum Gasteiger partial charge on any atom is -0.206 e. The fourth-order valence-corrected chi connectivity index (χ4v) is 5.03. The Morgan fingerprint density at radius 1 is 0.818 bits per heavy atom. The normalized spacial score (nSPS) is 19.2. The van der Waals surface area contributed by atoms with Crippen LogP contribution in [0.25, 0.3) is 10.8 Å². The first-order chi connectivity index (χ1) is 15.7. The second-order valence-corrected chi connectivity index (χ2v) is 9.08. The van der Waals surface area contributed by atoms with E-state index in [1.165, 1.54) is 24.8 Å². The minimum atomic E-state index is -5.11. The van der Waals surface area contributed by atoms with Crippen LogP contribution < -0.4 is 0 Å². The first-order valence-electron chi connectivity index (χ1n) is 11.4. The molecule has 3 aromatic rings. The zero-order valence-electron chi connectivity index (χ0n) is 18.4. The molecular weight excluding hydrogens is 438 g/mol. The van der Waals surface area contributed by atoms with Crippen molar-refractivity contribution in [3.05, 3.63) is 82.2 Å². The van der Waals surface area contributed by atoms with Gasteiger partial charge in [-0.25, -0.2) is 13.2 Å². The Morgan fingerprint density at radius 2 is 1.48 bits per heavy atom. The van der Waals surface area contributed by atoms with Crippen LogP contribution in [0.4, 0.5) is 26.3 Å². The fourth-order valence-electron chi connectivity index (χ4n) is 5.03. The lowest BCUT2D eigenvalue weighted by molar-refractivity contribution is -0.142. The van der Waals surface area contributed by atoms with Gasteiger partial charge in [0.15, 0.2) is 0 Å². The quantitative estimate of drug-likeness (QED) is 0.331. The third kappa shape index (κ3) is 5.04. The van der Waals surface area contributed by atoms with E-state index < -0.39 is 29.2 Å². The number of halogens is 6. The Labute approximate surface area is 189 Å². The highest BCUT2D eigenvalue weighted by Crippen LogP contribution is 2.38. The number of aryl methyl sites for hydroxylation is 2. The summed E-state index contributed by atoms with van der Waals surface area (Å²) in [5.74, 6) is -2.42. The minimum absolute atomic E-state index is 0.0210. The molecule has 0 heterocycles. The standard InChI is InChI=1S/C27H26F6/c1-2-16-3-6-18(7-4-16)20-11-12-22-21(15-20)10-9-19(26(22)30)8-5-17-13-23(28)25(24(29)14-17)27(31,32)33/h9-16,18H,2-8H2,1H3. The van der Waals surface area contributed by atoms with Gasteiger partial charge in [0.1, 0.15) is 23.0 Å². The molecule has 0 bridgehead atoms. The molecule has 0 aromatic heterocycles. The summed E-state index contributed by atoms with van der Waals surface area (Å²) in [7, 11) is 0. The van der Waals surface area contributed by atoms with Crippen molar-refractivity contribution in [3.8, 4) is 0 Å². The molecule has 0 unspecified atom stereocenters. The molecule has 176 valence electrons. The molecule has 33 heavy (non-hydrogen) atoms. The summed E-state index contributed by atoms with van der Waals surface area (Å²) in [5, 5.41) is 1.28. The second kappa shape index (κ2) is 9.40. The molecule has 0 amide bonds. The second-order valence-electron chi connectivity index (χ2n) is 9.08. The summed E-state index contributed by atoms with van der Waals surface area (Å²) in [6, 6.07) is 10.6. The first-order valence-corrected chi connectivity index (χ1v) is 11.4. The zero-order valence-corrected chi connectivity index (χ0v) is 18.4.